The van der Waals surface area contributed by atoms with Crippen LogP contribution in [-0.2, 0) is 0 Å². The molecule has 162 valence electrons. The van der Waals surface area contributed by atoms with Crippen molar-refractivity contribution >= 4 is 46.3 Å². The summed E-state index contributed by atoms with van der Waals surface area (Å²) < 4.78 is 35.1. The molecule has 1 aliphatic heterocycles. The van der Waals surface area contributed by atoms with Gasteiger partial charge in [-0.3, -0.25) is 20.6 Å². The number of nitrogens with one attached hydrogen (secondary N) is 5. The molecule has 0 atom stereocenters. The number of aromatic amines is 2. The monoisotopic (exact) mass is 460 g/mol. The first kappa shape index (κ1) is 19.7. The zero-order chi connectivity index (χ0) is 22.5. The average molecular weight is 461 g/mol. The number of anilines is 2. The maximum Gasteiger partial charge on any atom is 0.586 e. The van der Waals surface area contributed by atoms with E-state index >= 15 is 0 Å². The van der Waals surface area contributed by atoms with E-state index in [2.05, 4.69) is 45.3 Å². The first-order chi connectivity index (χ1) is 15.3. The van der Waals surface area contributed by atoms with Crippen molar-refractivity contribution in [1.82, 2.24) is 25.1 Å². The lowest BCUT2D eigenvalue weighted by Gasteiger charge is -2.04. The van der Waals surface area contributed by atoms with Crippen LogP contribution in [0.3, 0.4) is 0 Å². The SMILES string of the molecule is N=C(Nc1nc2cc3c(cc2[nH]1)OC(F)(F)O3)c1nc(NC(=O)c2ccc(Cl)cc2)n[nH]1. The van der Waals surface area contributed by atoms with Gasteiger partial charge in [0, 0.05) is 22.7 Å². The first-order valence-corrected chi connectivity index (χ1v) is 9.28. The van der Waals surface area contributed by atoms with Gasteiger partial charge in [0.2, 0.25) is 11.9 Å². The predicted octanol–water partition coefficient (Wildman–Crippen LogP) is 3.35. The summed E-state index contributed by atoms with van der Waals surface area (Å²) in [6.45, 7) is 0. The van der Waals surface area contributed by atoms with E-state index in [0.717, 1.165) is 0 Å². The summed E-state index contributed by atoms with van der Waals surface area (Å²) in [5.74, 6) is -0.824. The molecule has 1 aliphatic rings. The Labute approximate surface area is 181 Å². The number of carbonyl (C=O) groups excluding carboxylic acids is 1. The Balaban J connectivity index is 1.27. The molecule has 14 heteroatoms. The molecule has 0 saturated heterocycles. The van der Waals surface area contributed by atoms with E-state index in [4.69, 9.17) is 17.0 Å². The third-order valence-electron chi connectivity index (χ3n) is 4.30. The van der Waals surface area contributed by atoms with Crippen LogP contribution < -0.4 is 20.1 Å². The van der Waals surface area contributed by atoms with Crippen LogP contribution in [0.15, 0.2) is 36.4 Å². The molecule has 3 heterocycles. The maximum absolute atomic E-state index is 13.2. The number of amidine groups is 1. The summed E-state index contributed by atoms with van der Waals surface area (Å²) in [7, 11) is 0. The third-order valence-corrected chi connectivity index (χ3v) is 4.55. The lowest BCUT2D eigenvalue weighted by Crippen LogP contribution is -2.25. The summed E-state index contributed by atoms with van der Waals surface area (Å²) in [6.07, 6.45) is -3.72. The molecule has 2 aromatic carbocycles. The van der Waals surface area contributed by atoms with Gasteiger partial charge in [0.1, 0.15) is 0 Å². The number of rotatable bonds is 4. The van der Waals surface area contributed by atoms with Crippen LogP contribution in [0.25, 0.3) is 11.0 Å². The predicted molar refractivity (Wildman–Crippen MR) is 109 cm³/mol. The maximum atomic E-state index is 13.2. The number of hydrogen-bond donors (Lipinski definition) is 5. The third kappa shape index (κ3) is 3.76. The number of alkyl halides is 2. The number of benzene rings is 2. The first-order valence-electron chi connectivity index (χ1n) is 8.91. The Bertz CT molecular complexity index is 1320. The molecule has 0 bridgehead atoms. The zero-order valence-corrected chi connectivity index (χ0v) is 16.4. The minimum Gasteiger partial charge on any atom is -0.395 e. The second-order valence-corrected chi connectivity index (χ2v) is 6.97. The number of imidazole rings is 1. The Kier molecular flexibility index (Phi) is 4.41. The number of H-pyrrole nitrogens is 2. The highest BCUT2D eigenvalue weighted by molar-refractivity contribution is 6.30. The van der Waals surface area contributed by atoms with Crippen molar-refractivity contribution in [3.8, 4) is 11.5 Å². The summed E-state index contributed by atoms with van der Waals surface area (Å²) in [6, 6.07) is 8.84. The lowest BCUT2D eigenvalue weighted by atomic mass is 10.2. The Morgan fingerprint density at radius 2 is 1.81 bits per heavy atom. The van der Waals surface area contributed by atoms with E-state index < -0.39 is 12.2 Å². The van der Waals surface area contributed by atoms with Crippen LogP contribution in [0.1, 0.15) is 16.2 Å². The standard InChI is InChI=1S/C18H11ClF2N8O3/c19-8-3-1-7(2-4-8)15(30)27-17-26-14(28-29-17)13(22)25-16-23-9-5-11-12(6-10(9)24-16)32-18(20,21)31-11/h1-6H,(H3,22,23,24,25)(H2,26,27,28,29,30). The van der Waals surface area contributed by atoms with E-state index in [1.54, 1.807) is 24.3 Å². The van der Waals surface area contributed by atoms with Crippen LogP contribution in [0.5, 0.6) is 11.5 Å². The van der Waals surface area contributed by atoms with Crippen molar-refractivity contribution in [3.05, 3.63) is 52.8 Å². The van der Waals surface area contributed by atoms with Crippen molar-refractivity contribution < 1.29 is 23.0 Å². The van der Waals surface area contributed by atoms with Gasteiger partial charge < -0.3 is 19.8 Å². The molecule has 11 nitrogen and oxygen atoms in total. The number of aromatic nitrogens is 5. The summed E-state index contributed by atoms with van der Waals surface area (Å²) in [5.41, 5.74) is 1.05. The molecule has 0 fully saturated rings. The van der Waals surface area contributed by atoms with E-state index in [1.165, 1.54) is 12.1 Å². The molecule has 2 aromatic heterocycles. The number of amides is 1. The van der Waals surface area contributed by atoms with Crippen molar-refractivity contribution in [3.63, 3.8) is 0 Å². The number of halogens is 3. The quantitative estimate of drug-likeness (QED) is 0.231. The number of nitrogens with zero attached hydrogens (tertiary/aromatic N) is 3. The summed E-state index contributed by atoms with van der Waals surface area (Å²) in [5, 5.41) is 20.2. The molecule has 5 rings (SSSR count). The van der Waals surface area contributed by atoms with Crippen molar-refractivity contribution in [1.29, 1.82) is 5.41 Å². The Hall–Kier alpha value is -4.26. The number of hydrogen-bond acceptors (Lipinski definition) is 7. The van der Waals surface area contributed by atoms with Crippen molar-refractivity contribution in [2.24, 2.45) is 0 Å². The van der Waals surface area contributed by atoms with Crippen LogP contribution in [0, 0.1) is 5.41 Å². The van der Waals surface area contributed by atoms with Gasteiger partial charge in [-0.25, -0.2) is 4.98 Å². The lowest BCUT2D eigenvalue weighted by molar-refractivity contribution is -0.286. The topological polar surface area (TPSA) is 154 Å². The minimum atomic E-state index is -3.72. The Morgan fingerprint density at radius 3 is 2.56 bits per heavy atom. The minimum absolute atomic E-state index is 0.0191. The zero-order valence-electron chi connectivity index (χ0n) is 15.7. The van der Waals surface area contributed by atoms with Gasteiger partial charge in [-0.05, 0) is 24.3 Å². The van der Waals surface area contributed by atoms with Gasteiger partial charge in [0.05, 0.1) is 11.0 Å². The average Bonchev–Trinajstić information content (AvgIpc) is 3.41. The smallest absolute Gasteiger partial charge is 0.395 e. The highest BCUT2D eigenvalue weighted by atomic mass is 35.5. The van der Waals surface area contributed by atoms with E-state index in [9.17, 15) is 13.6 Å². The molecule has 0 unspecified atom stereocenters. The fraction of sp³-hybridized carbons (Fsp3) is 0.0556. The van der Waals surface area contributed by atoms with Crippen LogP contribution in [0.2, 0.25) is 5.02 Å². The summed E-state index contributed by atoms with van der Waals surface area (Å²) in [4.78, 5) is 23.3. The second-order valence-electron chi connectivity index (χ2n) is 6.54. The molecule has 5 N–H and O–H groups in total. The molecular weight excluding hydrogens is 450 g/mol. The highest BCUT2D eigenvalue weighted by Gasteiger charge is 2.43. The van der Waals surface area contributed by atoms with Gasteiger partial charge in [-0.1, -0.05) is 11.6 Å². The number of fused-ring (bicyclic) bond motifs is 2. The van der Waals surface area contributed by atoms with Gasteiger partial charge in [-0.2, -0.15) is 4.98 Å². The fourth-order valence-electron chi connectivity index (χ4n) is 2.90. The van der Waals surface area contributed by atoms with E-state index in [0.29, 0.717) is 21.6 Å². The van der Waals surface area contributed by atoms with Gasteiger partial charge in [0.25, 0.3) is 5.91 Å². The van der Waals surface area contributed by atoms with Gasteiger partial charge in [0.15, 0.2) is 23.2 Å². The van der Waals surface area contributed by atoms with Crippen molar-refractivity contribution in [2.75, 3.05) is 10.6 Å². The van der Waals surface area contributed by atoms with Gasteiger partial charge >= 0.3 is 6.29 Å². The highest BCUT2D eigenvalue weighted by Crippen LogP contribution is 2.42. The molecule has 0 radical (unpaired) electrons. The van der Waals surface area contributed by atoms with Crippen LogP contribution >= 0.6 is 11.6 Å². The number of ether oxygens (including phenoxy) is 2. The van der Waals surface area contributed by atoms with Crippen LogP contribution in [-0.4, -0.2) is 43.2 Å². The summed E-state index contributed by atoms with van der Waals surface area (Å²) >= 11 is 5.80. The molecular formula is C18H11ClF2N8O3. The second kappa shape index (κ2) is 7.16. The largest absolute Gasteiger partial charge is 0.586 e. The molecule has 0 spiro atoms. The Morgan fingerprint density at radius 1 is 1.09 bits per heavy atom. The molecule has 4 aromatic rings. The van der Waals surface area contributed by atoms with Crippen LogP contribution in [0.4, 0.5) is 20.7 Å². The molecule has 0 aliphatic carbocycles. The number of carbonyl (C=O) groups is 1. The molecule has 32 heavy (non-hydrogen) atoms. The van der Waals surface area contributed by atoms with Gasteiger partial charge in [-0.15, -0.1) is 13.9 Å². The van der Waals surface area contributed by atoms with E-state index in [1.807, 2.05) is 0 Å². The van der Waals surface area contributed by atoms with E-state index in [-0.39, 0.29) is 35.1 Å². The fourth-order valence-corrected chi connectivity index (χ4v) is 3.02. The normalized spacial score (nSPS) is 13.8. The van der Waals surface area contributed by atoms with Crippen molar-refractivity contribution in [2.45, 2.75) is 6.29 Å². The molecule has 1 amide bonds. The molecule has 0 saturated carbocycles.